The maximum atomic E-state index is 12.0. The summed E-state index contributed by atoms with van der Waals surface area (Å²) in [7, 11) is -1.89. The first-order valence-corrected chi connectivity index (χ1v) is 6.61. The summed E-state index contributed by atoms with van der Waals surface area (Å²) >= 11 is 0. The largest absolute Gasteiger partial charge is 0.315 e. The topological polar surface area (TPSA) is 73.2 Å². The Labute approximate surface area is 91.1 Å². The lowest BCUT2D eigenvalue weighted by Gasteiger charge is -2.24. The Morgan fingerprint density at radius 2 is 2.33 bits per heavy atom. The minimum absolute atomic E-state index is 0.00241. The fraction of sp³-hybridized carbons (Fsp3) is 0.889. The van der Waals surface area contributed by atoms with Gasteiger partial charge in [-0.1, -0.05) is 6.92 Å². The van der Waals surface area contributed by atoms with E-state index in [0.29, 0.717) is 13.0 Å². The second-order valence-electron chi connectivity index (χ2n) is 3.73. The van der Waals surface area contributed by atoms with Crippen LogP contribution in [0.2, 0.25) is 0 Å². The van der Waals surface area contributed by atoms with Crippen LogP contribution in [0.5, 0.6) is 0 Å². The highest BCUT2D eigenvalue weighted by atomic mass is 32.2. The number of nitrogens with one attached hydrogen (secondary N) is 1. The quantitative estimate of drug-likeness (QED) is 0.734. The number of hydrogen-bond acceptors (Lipinski definition) is 4. The molecule has 0 amide bonds. The summed E-state index contributed by atoms with van der Waals surface area (Å²) in [6.07, 6.45) is 1.15. The molecule has 1 saturated heterocycles. The predicted molar refractivity (Wildman–Crippen MR) is 57.6 cm³/mol. The summed E-state index contributed by atoms with van der Waals surface area (Å²) in [6.45, 7) is 3.23. The fourth-order valence-corrected chi connectivity index (χ4v) is 3.28. The van der Waals surface area contributed by atoms with Crippen LogP contribution >= 0.6 is 0 Å². The van der Waals surface area contributed by atoms with Crippen molar-refractivity contribution in [3.8, 4) is 6.07 Å². The van der Waals surface area contributed by atoms with E-state index in [2.05, 4.69) is 5.32 Å². The average molecular weight is 231 g/mol. The van der Waals surface area contributed by atoms with E-state index in [1.165, 1.54) is 4.31 Å². The Balaban J connectivity index is 2.81. The molecule has 1 heterocycles. The van der Waals surface area contributed by atoms with Crippen LogP contribution in [0.4, 0.5) is 0 Å². The number of rotatable bonds is 4. The van der Waals surface area contributed by atoms with Gasteiger partial charge in [-0.3, -0.25) is 0 Å². The number of likely N-dealkylation sites (N-methyl/N-ethyl adjacent to an activating group) is 1. The highest BCUT2D eigenvalue weighted by Gasteiger charge is 2.34. The van der Waals surface area contributed by atoms with Gasteiger partial charge in [0.15, 0.2) is 5.25 Å². The van der Waals surface area contributed by atoms with Gasteiger partial charge in [-0.15, -0.1) is 0 Å². The maximum absolute atomic E-state index is 12.0. The van der Waals surface area contributed by atoms with Crippen LogP contribution in [0.25, 0.3) is 0 Å². The lowest BCUT2D eigenvalue weighted by molar-refractivity contribution is 0.384. The van der Waals surface area contributed by atoms with Crippen LogP contribution in [0, 0.1) is 11.3 Å². The second-order valence-corrected chi connectivity index (χ2v) is 5.91. The van der Waals surface area contributed by atoms with Crippen molar-refractivity contribution in [2.24, 2.45) is 0 Å². The molecule has 86 valence electrons. The van der Waals surface area contributed by atoms with Crippen molar-refractivity contribution in [1.29, 1.82) is 5.26 Å². The number of hydrogen-bond donors (Lipinski definition) is 1. The average Bonchev–Trinajstić information content (AvgIpc) is 2.70. The number of nitrogens with zero attached hydrogens (tertiary/aromatic N) is 2. The highest BCUT2D eigenvalue weighted by Crippen LogP contribution is 2.16. The van der Waals surface area contributed by atoms with Crippen molar-refractivity contribution in [3.05, 3.63) is 0 Å². The lowest BCUT2D eigenvalue weighted by atomic mass is 10.3. The molecule has 5 nitrogen and oxygen atoms in total. The van der Waals surface area contributed by atoms with Gasteiger partial charge in [-0.2, -0.15) is 9.57 Å². The molecule has 0 bridgehead atoms. The van der Waals surface area contributed by atoms with E-state index in [9.17, 15) is 8.42 Å². The summed E-state index contributed by atoms with van der Waals surface area (Å²) in [5.74, 6) is 0. The molecule has 0 aliphatic carbocycles. The number of sulfonamides is 1. The van der Waals surface area contributed by atoms with Crippen LogP contribution in [-0.2, 0) is 10.0 Å². The molecule has 1 aliphatic rings. The summed E-state index contributed by atoms with van der Waals surface area (Å²) < 4.78 is 25.3. The maximum Gasteiger partial charge on any atom is 0.230 e. The Bertz CT molecular complexity index is 341. The van der Waals surface area contributed by atoms with E-state index in [-0.39, 0.29) is 6.04 Å². The molecule has 0 radical (unpaired) electrons. The summed E-state index contributed by atoms with van der Waals surface area (Å²) in [5, 5.41) is 11.0. The molecular weight excluding hydrogens is 214 g/mol. The van der Waals surface area contributed by atoms with E-state index in [1.54, 1.807) is 14.0 Å². The van der Waals surface area contributed by atoms with Crippen molar-refractivity contribution in [2.45, 2.75) is 31.1 Å². The molecule has 1 rings (SSSR count). The molecule has 2 atom stereocenters. The van der Waals surface area contributed by atoms with Gasteiger partial charge < -0.3 is 5.32 Å². The third-order valence-corrected chi connectivity index (χ3v) is 5.08. The minimum Gasteiger partial charge on any atom is -0.315 e. The molecule has 0 aromatic carbocycles. The predicted octanol–water partition coefficient (Wildman–Crippen LogP) is -0.0879. The van der Waals surface area contributed by atoms with Crippen LogP contribution < -0.4 is 5.32 Å². The van der Waals surface area contributed by atoms with Crippen LogP contribution in [0.3, 0.4) is 0 Å². The normalized spacial score (nSPS) is 24.0. The first-order chi connectivity index (χ1) is 7.04. The Morgan fingerprint density at radius 3 is 2.73 bits per heavy atom. The monoisotopic (exact) mass is 231 g/mol. The van der Waals surface area contributed by atoms with Crippen LogP contribution in [0.1, 0.15) is 19.8 Å². The molecule has 0 saturated carbocycles. The molecule has 1 N–H and O–H groups in total. The summed E-state index contributed by atoms with van der Waals surface area (Å²) in [5.41, 5.74) is 0. The molecule has 0 aromatic heterocycles. The fourth-order valence-electron chi connectivity index (χ4n) is 1.73. The van der Waals surface area contributed by atoms with E-state index >= 15 is 0 Å². The first-order valence-electron chi connectivity index (χ1n) is 5.11. The molecule has 0 spiro atoms. The van der Waals surface area contributed by atoms with Gasteiger partial charge in [-0.05, 0) is 19.4 Å². The lowest BCUT2D eigenvalue weighted by Crippen LogP contribution is -2.42. The molecule has 15 heavy (non-hydrogen) atoms. The zero-order chi connectivity index (χ0) is 11.5. The van der Waals surface area contributed by atoms with Gasteiger partial charge in [-0.25, -0.2) is 8.42 Å². The standard InChI is InChI=1S/C9H17N3O2S/c1-3-9(6-10)15(13,14)12(2)8-4-5-11-7-8/h8-9,11H,3-5,7H2,1-2H3. The molecular formula is C9H17N3O2S. The Kier molecular flexibility index (Phi) is 4.08. The van der Waals surface area contributed by atoms with Crippen molar-refractivity contribution in [2.75, 3.05) is 20.1 Å². The Morgan fingerprint density at radius 1 is 1.67 bits per heavy atom. The van der Waals surface area contributed by atoms with Crippen LogP contribution in [-0.4, -0.2) is 44.2 Å². The van der Waals surface area contributed by atoms with Crippen molar-refractivity contribution >= 4 is 10.0 Å². The summed E-state index contributed by atoms with van der Waals surface area (Å²) in [4.78, 5) is 0. The zero-order valence-corrected chi connectivity index (χ0v) is 9.92. The van der Waals surface area contributed by atoms with Gasteiger partial charge in [0.25, 0.3) is 0 Å². The second kappa shape index (κ2) is 4.92. The van der Waals surface area contributed by atoms with Crippen molar-refractivity contribution in [1.82, 2.24) is 9.62 Å². The van der Waals surface area contributed by atoms with Crippen molar-refractivity contribution < 1.29 is 8.42 Å². The number of nitriles is 1. The summed E-state index contributed by atoms with van der Waals surface area (Å²) in [6, 6.07) is 1.84. The molecule has 1 fully saturated rings. The molecule has 6 heteroatoms. The van der Waals surface area contributed by atoms with E-state index in [4.69, 9.17) is 5.26 Å². The Hall–Kier alpha value is -0.640. The van der Waals surface area contributed by atoms with Gasteiger partial charge in [0.05, 0.1) is 6.07 Å². The van der Waals surface area contributed by atoms with E-state index in [1.807, 2.05) is 6.07 Å². The third kappa shape index (κ3) is 2.48. The molecule has 1 aliphatic heterocycles. The minimum atomic E-state index is -3.45. The first kappa shape index (κ1) is 12.4. The van der Waals surface area contributed by atoms with E-state index in [0.717, 1.165) is 13.0 Å². The molecule has 0 aromatic rings. The third-order valence-electron chi connectivity index (χ3n) is 2.82. The molecule has 2 unspecified atom stereocenters. The smallest absolute Gasteiger partial charge is 0.230 e. The van der Waals surface area contributed by atoms with Crippen molar-refractivity contribution in [3.63, 3.8) is 0 Å². The van der Waals surface area contributed by atoms with Gasteiger partial charge >= 0.3 is 0 Å². The van der Waals surface area contributed by atoms with E-state index < -0.39 is 15.3 Å². The zero-order valence-electron chi connectivity index (χ0n) is 9.10. The van der Waals surface area contributed by atoms with Crippen LogP contribution in [0.15, 0.2) is 0 Å². The van der Waals surface area contributed by atoms with Gasteiger partial charge in [0, 0.05) is 19.6 Å². The van der Waals surface area contributed by atoms with Gasteiger partial charge in [0.2, 0.25) is 10.0 Å². The van der Waals surface area contributed by atoms with Gasteiger partial charge in [0.1, 0.15) is 0 Å². The highest BCUT2D eigenvalue weighted by molar-refractivity contribution is 7.90. The SMILES string of the molecule is CCC(C#N)S(=O)(=O)N(C)C1CCNC1.